The standard InChI is InChI=1S/C8H9OS/c1-2-10-8-6-4-3-5-7(8)9/h3-6H,2H2,1H3. The Balaban J connectivity index is 2.81. The molecule has 0 heterocycles. The smallest absolute Gasteiger partial charge is 0.192 e. The normalized spacial score (nSPS) is 9.70. The van der Waals surface area contributed by atoms with Gasteiger partial charge in [-0.2, -0.15) is 0 Å². The highest BCUT2D eigenvalue weighted by Gasteiger charge is 1.98. The van der Waals surface area contributed by atoms with Gasteiger partial charge in [0, 0.05) is 0 Å². The lowest BCUT2D eigenvalue weighted by atomic mass is 10.3. The zero-order valence-corrected chi connectivity index (χ0v) is 6.65. The molecule has 0 saturated heterocycles. The lowest BCUT2D eigenvalue weighted by Crippen LogP contribution is -1.71. The fourth-order valence-electron chi connectivity index (χ4n) is 0.725. The van der Waals surface area contributed by atoms with E-state index in [0.717, 1.165) is 10.6 Å². The Kier molecular flexibility index (Phi) is 2.63. The molecule has 1 rings (SSSR count). The summed E-state index contributed by atoms with van der Waals surface area (Å²) in [6.45, 7) is 2.04. The topological polar surface area (TPSA) is 19.9 Å². The van der Waals surface area contributed by atoms with Crippen LogP contribution in [0.3, 0.4) is 0 Å². The van der Waals surface area contributed by atoms with E-state index in [9.17, 15) is 5.11 Å². The second kappa shape index (κ2) is 3.52. The van der Waals surface area contributed by atoms with Crippen LogP contribution in [0.5, 0.6) is 5.75 Å². The molecule has 2 heteroatoms. The first kappa shape index (κ1) is 7.48. The fourth-order valence-corrected chi connectivity index (χ4v) is 1.42. The van der Waals surface area contributed by atoms with E-state index >= 15 is 0 Å². The van der Waals surface area contributed by atoms with Crippen LogP contribution in [0.1, 0.15) is 6.92 Å². The molecule has 0 aliphatic rings. The Morgan fingerprint density at radius 3 is 2.70 bits per heavy atom. The minimum absolute atomic E-state index is 0.134. The first-order chi connectivity index (χ1) is 4.84. The van der Waals surface area contributed by atoms with Gasteiger partial charge in [0.25, 0.3) is 0 Å². The SMILES string of the molecule is CCSc1ccccc1[O]. The molecule has 0 aliphatic heterocycles. The number of hydrogen-bond acceptors (Lipinski definition) is 1. The van der Waals surface area contributed by atoms with Gasteiger partial charge < -0.3 is 0 Å². The second-order valence-electron chi connectivity index (χ2n) is 1.88. The fraction of sp³-hybridized carbons (Fsp3) is 0.250. The summed E-state index contributed by atoms with van der Waals surface area (Å²) in [5.41, 5.74) is 0. The van der Waals surface area contributed by atoms with Crippen LogP contribution in [0.2, 0.25) is 0 Å². The van der Waals surface area contributed by atoms with E-state index < -0.39 is 0 Å². The third kappa shape index (κ3) is 1.67. The van der Waals surface area contributed by atoms with E-state index in [-0.39, 0.29) is 5.75 Å². The lowest BCUT2D eigenvalue weighted by Gasteiger charge is -1.96. The highest BCUT2D eigenvalue weighted by Crippen LogP contribution is 2.27. The van der Waals surface area contributed by atoms with Crippen molar-refractivity contribution in [2.75, 3.05) is 5.75 Å². The minimum Gasteiger partial charge on any atom is -0.289 e. The van der Waals surface area contributed by atoms with Crippen LogP contribution in [-0.4, -0.2) is 5.75 Å². The van der Waals surface area contributed by atoms with Crippen LogP contribution in [0, 0.1) is 0 Å². The predicted octanol–water partition coefficient (Wildman–Crippen LogP) is 2.94. The molecule has 0 spiro atoms. The number of benzene rings is 1. The molecule has 53 valence electrons. The molecule has 1 nitrogen and oxygen atoms in total. The highest BCUT2D eigenvalue weighted by molar-refractivity contribution is 7.99. The van der Waals surface area contributed by atoms with Crippen LogP contribution in [0.4, 0.5) is 0 Å². The van der Waals surface area contributed by atoms with Crippen molar-refractivity contribution in [1.82, 2.24) is 0 Å². The molecular weight excluding hydrogens is 144 g/mol. The summed E-state index contributed by atoms with van der Waals surface area (Å²) in [4.78, 5) is 0.852. The zero-order chi connectivity index (χ0) is 7.40. The quantitative estimate of drug-likeness (QED) is 0.598. The molecule has 1 aromatic carbocycles. The molecule has 0 bridgehead atoms. The van der Waals surface area contributed by atoms with E-state index in [1.807, 2.05) is 19.1 Å². The number of rotatable bonds is 2. The van der Waals surface area contributed by atoms with Gasteiger partial charge in [0.1, 0.15) is 0 Å². The van der Waals surface area contributed by atoms with E-state index in [1.165, 1.54) is 0 Å². The first-order valence-electron chi connectivity index (χ1n) is 3.23. The summed E-state index contributed by atoms with van der Waals surface area (Å²) in [5.74, 6) is 1.09. The van der Waals surface area contributed by atoms with Crippen molar-refractivity contribution in [2.24, 2.45) is 0 Å². The molecule has 0 aromatic heterocycles. The van der Waals surface area contributed by atoms with Gasteiger partial charge in [-0.25, -0.2) is 0 Å². The summed E-state index contributed by atoms with van der Waals surface area (Å²) in [5, 5.41) is 11.0. The minimum atomic E-state index is 0.134. The molecule has 0 aliphatic carbocycles. The van der Waals surface area contributed by atoms with E-state index in [1.54, 1.807) is 23.9 Å². The van der Waals surface area contributed by atoms with Gasteiger partial charge in [0.15, 0.2) is 5.75 Å². The maximum atomic E-state index is 11.0. The zero-order valence-electron chi connectivity index (χ0n) is 5.83. The molecule has 0 unspecified atom stereocenters. The number of para-hydroxylation sites is 1. The Bertz CT molecular complexity index is 210. The highest BCUT2D eigenvalue weighted by atomic mass is 32.2. The second-order valence-corrected chi connectivity index (χ2v) is 3.19. The van der Waals surface area contributed by atoms with Crippen LogP contribution >= 0.6 is 11.8 Å². The van der Waals surface area contributed by atoms with Crippen molar-refractivity contribution < 1.29 is 5.11 Å². The van der Waals surface area contributed by atoms with Crippen LogP contribution < -0.4 is 0 Å². The third-order valence-corrected chi connectivity index (χ3v) is 2.09. The van der Waals surface area contributed by atoms with Gasteiger partial charge in [0.2, 0.25) is 0 Å². The Morgan fingerprint density at radius 2 is 2.10 bits per heavy atom. The first-order valence-corrected chi connectivity index (χ1v) is 4.22. The molecule has 0 atom stereocenters. The third-order valence-electron chi connectivity index (χ3n) is 1.15. The maximum absolute atomic E-state index is 11.0. The number of thioether (sulfide) groups is 1. The molecule has 1 radical (unpaired) electrons. The monoisotopic (exact) mass is 153 g/mol. The van der Waals surface area contributed by atoms with Crippen molar-refractivity contribution in [3.05, 3.63) is 24.3 Å². The Labute approximate surface area is 65.1 Å². The molecular formula is C8H9OS. The van der Waals surface area contributed by atoms with Gasteiger partial charge in [0.05, 0.1) is 4.90 Å². The van der Waals surface area contributed by atoms with Crippen molar-refractivity contribution in [3.63, 3.8) is 0 Å². The van der Waals surface area contributed by atoms with E-state index in [2.05, 4.69) is 0 Å². The van der Waals surface area contributed by atoms with Crippen LogP contribution in [0.15, 0.2) is 29.2 Å². The predicted molar refractivity (Wildman–Crippen MR) is 43.0 cm³/mol. The average Bonchev–Trinajstić information content (AvgIpc) is 1.94. The maximum Gasteiger partial charge on any atom is 0.192 e. The summed E-state index contributed by atoms with van der Waals surface area (Å²) >= 11 is 1.59. The Morgan fingerprint density at radius 1 is 1.40 bits per heavy atom. The summed E-state index contributed by atoms with van der Waals surface area (Å²) in [7, 11) is 0. The molecule has 0 saturated carbocycles. The molecule has 0 fully saturated rings. The van der Waals surface area contributed by atoms with E-state index in [0.29, 0.717) is 0 Å². The van der Waals surface area contributed by atoms with Gasteiger partial charge in [-0.05, 0) is 17.9 Å². The number of hydrogen-bond donors (Lipinski definition) is 0. The molecule has 10 heavy (non-hydrogen) atoms. The molecule has 1 aromatic rings. The van der Waals surface area contributed by atoms with Crippen molar-refractivity contribution in [1.29, 1.82) is 0 Å². The largest absolute Gasteiger partial charge is 0.289 e. The van der Waals surface area contributed by atoms with Crippen molar-refractivity contribution >= 4 is 11.8 Å². The van der Waals surface area contributed by atoms with Crippen molar-refractivity contribution in [2.45, 2.75) is 11.8 Å². The summed E-state index contributed by atoms with van der Waals surface area (Å²) < 4.78 is 0. The Hall–Kier alpha value is -0.630. The summed E-state index contributed by atoms with van der Waals surface area (Å²) in [6.07, 6.45) is 0. The molecule has 0 N–H and O–H groups in total. The molecule has 0 amide bonds. The van der Waals surface area contributed by atoms with Crippen LogP contribution in [-0.2, 0) is 5.11 Å². The van der Waals surface area contributed by atoms with E-state index in [4.69, 9.17) is 0 Å². The summed E-state index contributed by atoms with van der Waals surface area (Å²) in [6, 6.07) is 7.11. The van der Waals surface area contributed by atoms with Gasteiger partial charge >= 0.3 is 0 Å². The van der Waals surface area contributed by atoms with Crippen molar-refractivity contribution in [3.8, 4) is 5.75 Å². The lowest BCUT2D eigenvalue weighted by molar-refractivity contribution is 0.344. The van der Waals surface area contributed by atoms with Crippen LogP contribution in [0.25, 0.3) is 0 Å². The van der Waals surface area contributed by atoms with Gasteiger partial charge in [-0.1, -0.05) is 19.1 Å². The average molecular weight is 153 g/mol. The van der Waals surface area contributed by atoms with Gasteiger partial charge in [-0.3, -0.25) is 5.11 Å². The van der Waals surface area contributed by atoms with Gasteiger partial charge in [-0.15, -0.1) is 11.8 Å².